The van der Waals surface area contributed by atoms with Gasteiger partial charge < -0.3 is 15.1 Å². The van der Waals surface area contributed by atoms with Crippen LogP contribution in [0.5, 0.6) is 0 Å². The summed E-state index contributed by atoms with van der Waals surface area (Å²) in [5.41, 5.74) is 0.918. The van der Waals surface area contributed by atoms with Crippen LogP contribution in [0.15, 0.2) is 53.1 Å². The Labute approximate surface area is 142 Å². The third kappa shape index (κ3) is 4.98. The third-order valence-corrected chi connectivity index (χ3v) is 3.80. The van der Waals surface area contributed by atoms with E-state index in [-0.39, 0.29) is 30.2 Å². The summed E-state index contributed by atoms with van der Waals surface area (Å²) in [5, 5.41) is 5.72. The zero-order chi connectivity index (χ0) is 17.5. The standard InChI is InChI=1S/C19H24N2O3/c1-13(2)18(19(23)20-14(3)16-10-7-11-24-16)21-17(22)12-15-8-5-4-6-9-15/h4-11,13-14,18H,12H2,1-3H3,(H,20,23)(H,21,22)/t14-,18-/m0/s1. The van der Waals surface area contributed by atoms with E-state index >= 15 is 0 Å². The Kier molecular flexibility index (Phi) is 6.18. The van der Waals surface area contributed by atoms with Crippen LogP contribution in [0.4, 0.5) is 0 Å². The van der Waals surface area contributed by atoms with Gasteiger partial charge >= 0.3 is 0 Å². The Morgan fingerprint density at radius 2 is 1.71 bits per heavy atom. The van der Waals surface area contributed by atoms with Gasteiger partial charge in [-0.3, -0.25) is 9.59 Å². The van der Waals surface area contributed by atoms with Crippen LogP contribution in [0.1, 0.15) is 38.1 Å². The molecule has 0 aliphatic rings. The second-order valence-corrected chi connectivity index (χ2v) is 6.20. The zero-order valence-electron chi connectivity index (χ0n) is 14.3. The highest BCUT2D eigenvalue weighted by Crippen LogP contribution is 2.13. The van der Waals surface area contributed by atoms with Gasteiger partial charge in [-0.05, 0) is 30.5 Å². The van der Waals surface area contributed by atoms with Gasteiger partial charge in [-0.25, -0.2) is 0 Å². The molecule has 2 amide bonds. The molecule has 2 aromatic rings. The minimum atomic E-state index is -0.585. The van der Waals surface area contributed by atoms with Crippen molar-refractivity contribution < 1.29 is 14.0 Å². The van der Waals surface area contributed by atoms with Crippen molar-refractivity contribution in [2.75, 3.05) is 0 Å². The Morgan fingerprint density at radius 1 is 1.00 bits per heavy atom. The van der Waals surface area contributed by atoms with E-state index in [1.165, 1.54) is 0 Å². The highest BCUT2D eigenvalue weighted by molar-refractivity contribution is 5.88. The maximum Gasteiger partial charge on any atom is 0.243 e. The van der Waals surface area contributed by atoms with Crippen molar-refractivity contribution >= 4 is 11.8 Å². The van der Waals surface area contributed by atoms with Gasteiger partial charge in [0.25, 0.3) is 0 Å². The molecule has 0 bridgehead atoms. The first-order chi connectivity index (χ1) is 11.5. The Bertz CT molecular complexity index is 651. The summed E-state index contributed by atoms with van der Waals surface area (Å²) in [7, 11) is 0. The SMILES string of the molecule is CC(C)[C@H](NC(=O)Cc1ccccc1)C(=O)N[C@@H](C)c1ccco1. The number of carbonyl (C=O) groups excluding carboxylic acids is 2. The summed E-state index contributed by atoms with van der Waals surface area (Å²) in [6, 6.07) is 12.2. The van der Waals surface area contributed by atoms with Crippen molar-refractivity contribution in [1.29, 1.82) is 0 Å². The van der Waals surface area contributed by atoms with Crippen LogP contribution in [0.2, 0.25) is 0 Å². The number of rotatable bonds is 7. The molecule has 128 valence electrons. The van der Waals surface area contributed by atoms with Gasteiger partial charge in [-0.2, -0.15) is 0 Å². The average Bonchev–Trinajstić information content (AvgIpc) is 3.07. The first-order valence-corrected chi connectivity index (χ1v) is 8.14. The number of hydrogen-bond donors (Lipinski definition) is 2. The van der Waals surface area contributed by atoms with Gasteiger partial charge in [0, 0.05) is 0 Å². The van der Waals surface area contributed by atoms with Gasteiger partial charge in [0.2, 0.25) is 11.8 Å². The summed E-state index contributed by atoms with van der Waals surface area (Å²) in [6.07, 6.45) is 1.82. The predicted octanol–water partition coefficient (Wildman–Crippen LogP) is 2.84. The van der Waals surface area contributed by atoms with Crippen LogP contribution < -0.4 is 10.6 Å². The van der Waals surface area contributed by atoms with E-state index in [1.54, 1.807) is 12.3 Å². The van der Waals surface area contributed by atoms with Gasteiger partial charge in [0.05, 0.1) is 18.7 Å². The molecular formula is C19H24N2O3. The summed E-state index contributed by atoms with van der Waals surface area (Å²) >= 11 is 0. The summed E-state index contributed by atoms with van der Waals surface area (Å²) in [4.78, 5) is 24.7. The fraction of sp³-hybridized carbons (Fsp3) is 0.368. The molecule has 1 aromatic carbocycles. The molecule has 2 rings (SSSR count). The molecule has 2 atom stereocenters. The maximum absolute atomic E-state index is 12.5. The van der Waals surface area contributed by atoms with Crippen molar-refractivity contribution in [2.45, 2.75) is 39.3 Å². The lowest BCUT2D eigenvalue weighted by Gasteiger charge is -2.23. The van der Waals surface area contributed by atoms with Crippen LogP contribution in [0.3, 0.4) is 0 Å². The van der Waals surface area contributed by atoms with E-state index in [2.05, 4.69) is 10.6 Å². The summed E-state index contributed by atoms with van der Waals surface area (Å²) < 4.78 is 5.29. The molecule has 0 spiro atoms. The quantitative estimate of drug-likeness (QED) is 0.821. The first-order valence-electron chi connectivity index (χ1n) is 8.14. The summed E-state index contributed by atoms with van der Waals surface area (Å²) in [5.74, 6) is 0.283. The minimum Gasteiger partial charge on any atom is -0.467 e. The molecule has 0 aliphatic heterocycles. The second kappa shape index (κ2) is 8.34. The number of benzene rings is 1. The Hall–Kier alpha value is -2.56. The van der Waals surface area contributed by atoms with Gasteiger partial charge in [0.1, 0.15) is 11.8 Å². The molecule has 0 fully saturated rings. The van der Waals surface area contributed by atoms with Crippen LogP contribution in [-0.4, -0.2) is 17.9 Å². The van der Waals surface area contributed by atoms with E-state index in [4.69, 9.17) is 4.42 Å². The zero-order valence-corrected chi connectivity index (χ0v) is 14.3. The van der Waals surface area contributed by atoms with Crippen LogP contribution in [-0.2, 0) is 16.0 Å². The molecule has 0 saturated carbocycles. The lowest BCUT2D eigenvalue weighted by atomic mass is 10.0. The van der Waals surface area contributed by atoms with Crippen molar-refractivity contribution in [3.05, 3.63) is 60.1 Å². The monoisotopic (exact) mass is 328 g/mol. The Morgan fingerprint density at radius 3 is 2.29 bits per heavy atom. The van der Waals surface area contributed by atoms with Crippen LogP contribution in [0, 0.1) is 5.92 Å². The largest absolute Gasteiger partial charge is 0.467 e. The van der Waals surface area contributed by atoms with Gasteiger partial charge in [-0.1, -0.05) is 44.2 Å². The van der Waals surface area contributed by atoms with Crippen molar-refractivity contribution in [2.24, 2.45) is 5.92 Å². The fourth-order valence-electron chi connectivity index (χ4n) is 2.45. The molecule has 1 heterocycles. The van der Waals surface area contributed by atoms with Crippen molar-refractivity contribution in [3.63, 3.8) is 0 Å². The Balaban J connectivity index is 1.95. The lowest BCUT2D eigenvalue weighted by Crippen LogP contribution is -2.50. The maximum atomic E-state index is 12.5. The molecule has 2 N–H and O–H groups in total. The molecule has 0 aliphatic carbocycles. The van der Waals surface area contributed by atoms with E-state index in [9.17, 15) is 9.59 Å². The number of nitrogens with one attached hydrogen (secondary N) is 2. The highest BCUT2D eigenvalue weighted by atomic mass is 16.3. The number of hydrogen-bond acceptors (Lipinski definition) is 3. The molecule has 0 unspecified atom stereocenters. The van der Waals surface area contributed by atoms with Crippen molar-refractivity contribution in [3.8, 4) is 0 Å². The lowest BCUT2D eigenvalue weighted by molar-refractivity contribution is -0.130. The molecule has 5 nitrogen and oxygen atoms in total. The summed E-state index contributed by atoms with van der Waals surface area (Å²) in [6.45, 7) is 5.66. The smallest absolute Gasteiger partial charge is 0.243 e. The fourth-order valence-corrected chi connectivity index (χ4v) is 2.45. The topological polar surface area (TPSA) is 71.3 Å². The highest BCUT2D eigenvalue weighted by Gasteiger charge is 2.26. The molecule has 24 heavy (non-hydrogen) atoms. The van der Waals surface area contributed by atoms with Crippen LogP contribution >= 0.6 is 0 Å². The number of carbonyl (C=O) groups is 2. The molecular weight excluding hydrogens is 304 g/mol. The van der Waals surface area contributed by atoms with Crippen LogP contribution in [0.25, 0.3) is 0 Å². The van der Waals surface area contributed by atoms with E-state index in [0.29, 0.717) is 5.76 Å². The molecule has 0 radical (unpaired) electrons. The van der Waals surface area contributed by atoms with Gasteiger partial charge in [-0.15, -0.1) is 0 Å². The number of furan rings is 1. The molecule has 0 saturated heterocycles. The molecule has 5 heteroatoms. The van der Waals surface area contributed by atoms with Gasteiger partial charge in [0.15, 0.2) is 0 Å². The minimum absolute atomic E-state index is 0.0199. The van der Waals surface area contributed by atoms with E-state index in [0.717, 1.165) is 5.56 Å². The van der Waals surface area contributed by atoms with E-state index in [1.807, 2.05) is 57.2 Å². The normalized spacial score (nSPS) is 13.3. The predicted molar refractivity (Wildman–Crippen MR) is 92.2 cm³/mol. The third-order valence-electron chi connectivity index (χ3n) is 3.80. The molecule has 1 aromatic heterocycles. The van der Waals surface area contributed by atoms with E-state index < -0.39 is 6.04 Å². The number of amides is 2. The van der Waals surface area contributed by atoms with Crippen molar-refractivity contribution in [1.82, 2.24) is 10.6 Å². The second-order valence-electron chi connectivity index (χ2n) is 6.20. The average molecular weight is 328 g/mol. The first kappa shape index (κ1) is 17.8.